The molecule has 10 heteroatoms. The third-order valence-corrected chi connectivity index (χ3v) is 9.68. The summed E-state index contributed by atoms with van der Waals surface area (Å²) in [6, 6.07) is 19.9. The van der Waals surface area contributed by atoms with Crippen molar-refractivity contribution in [3.63, 3.8) is 0 Å². The van der Waals surface area contributed by atoms with Crippen LogP contribution in [0.1, 0.15) is 33.5 Å². The van der Waals surface area contributed by atoms with Crippen LogP contribution < -0.4 is 11.1 Å². The number of phenols is 1. The molecule has 6 atom stereocenters. The van der Waals surface area contributed by atoms with E-state index in [0.717, 1.165) is 22.3 Å². The summed E-state index contributed by atoms with van der Waals surface area (Å²) in [7, 11) is 3.12. The number of benzene rings is 3. The summed E-state index contributed by atoms with van der Waals surface area (Å²) >= 11 is 0. The minimum absolute atomic E-state index is 0.00242. The molecule has 232 valence electrons. The molecular weight excluding hydrogens is 574 g/mol. The van der Waals surface area contributed by atoms with Gasteiger partial charge in [-0.3, -0.25) is 28.9 Å². The van der Waals surface area contributed by atoms with Crippen molar-refractivity contribution in [1.82, 2.24) is 10.2 Å². The van der Waals surface area contributed by atoms with E-state index in [9.17, 15) is 34.2 Å². The van der Waals surface area contributed by atoms with Crippen LogP contribution >= 0.6 is 0 Å². The number of hydrogen-bond acceptors (Lipinski definition) is 9. The first-order chi connectivity index (χ1) is 21.4. The van der Waals surface area contributed by atoms with Crippen LogP contribution in [0.3, 0.4) is 0 Å². The molecule has 10 nitrogen and oxygen atoms in total. The first-order valence-corrected chi connectivity index (χ1v) is 15.0. The Hall–Kier alpha value is -4.51. The Morgan fingerprint density at radius 1 is 0.956 bits per heavy atom. The van der Waals surface area contributed by atoms with Crippen LogP contribution in [0, 0.1) is 23.7 Å². The lowest BCUT2D eigenvalue weighted by Gasteiger charge is -2.52. The van der Waals surface area contributed by atoms with Gasteiger partial charge in [0.15, 0.2) is 34.7 Å². The van der Waals surface area contributed by atoms with Crippen molar-refractivity contribution in [1.29, 1.82) is 0 Å². The lowest BCUT2D eigenvalue weighted by molar-refractivity contribution is -0.181. The Morgan fingerprint density at radius 3 is 2.33 bits per heavy atom. The lowest BCUT2D eigenvalue weighted by Crippen LogP contribution is -2.74. The first-order valence-electron chi connectivity index (χ1n) is 15.0. The number of primary amides is 1. The summed E-state index contributed by atoms with van der Waals surface area (Å²) in [5.74, 6) is -10.6. The molecule has 1 amide bonds. The van der Waals surface area contributed by atoms with E-state index in [1.54, 1.807) is 20.2 Å². The van der Waals surface area contributed by atoms with E-state index in [4.69, 9.17) is 5.73 Å². The summed E-state index contributed by atoms with van der Waals surface area (Å²) in [5, 5.41) is 26.1. The van der Waals surface area contributed by atoms with Gasteiger partial charge in [-0.05, 0) is 72.8 Å². The lowest BCUT2D eigenvalue weighted by atomic mass is 9.52. The van der Waals surface area contributed by atoms with Crippen LogP contribution in [-0.2, 0) is 38.7 Å². The number of nitrogens with one attached hydrogen (secondary N) is 1. The van der Waals surface area contributed by atoms with Gasteiger partial charge in [0.05, 0.1) is 17.5 Å². The van der Waals surface area contributed by atoms with E-state index in [1.807, 2.05) is 54.6 Å². The van der Waals surface area contributed by atoms with E-state index < -0.39 is 64.4 Å². The van der Waals surface area contributed by atoms with Gasteiger partial charge < -0.3 is 21.3 Å². The second-order valence-corrected chi connectivity index (χ2v) is 12.6. The third kappa shape index (κ3) is 4.89. The van der Waals surface area contributed by atoms with Gasteiger partial charge in [-0.1, -0.05) is 54.6 Å². The zero-order valence-corrected chi connectivity index (χ0v) is 25.0. The molecule has 45 heavy (non-hydrogen) atoms. The number of likely N-dealkylation sites (N-methyl/N-ethyl adjacent to an activating group) is 1. The summed E-state index contributed by atoms with van der Waals surface area (Å²) < 4.78 is 0. The van der Waals surface area contributed by atoms with Crippen LogP contribution in [0.25, 0.3) is 11.1 Å². The van der Waals surface area contributed by atoms with E-state index in [2.05, 4.69) is 5.32 Å². The topological polar surface area (TPSA) is 167 Å². The Kier molecular flexibility index (Phi) is 7.76. The minimum atomic E-state index is -2.74. The molecule has 2 saturated carbocycles. The maximum atomic E-state index is 14.0. The smallest absolute Gasteiger partial charge is 0.235 e. The second-order valence-electron chi connectivity index (χ2n) is 12.6. The van der Waals surface area contributed by atoms with Gasteiger partial charge in [0.25, 0.3) is 0 Å². The maximum Gasteiger partial charge on any atom is 0.235 e. The van der Waals surface area contributed by atoms with Gasteiger partial charge in [-0.15, -0.1) is 0 Å². The van der Waals surface area contributed by atoms with Gasteiger partial charge in [-0.2, -0.15) is 0 Å². The minimum Gasteiger partial charge on any atom is -0.507 e. The molecule has 0 saturated heterocycles. The molecule has 5 N–H and O–H groups in total. The summed E-state index contributed by atoms with van der Waals surface area (Å²) in [5.41, 5.74) is 6.91. The molecule has 0 aliphatic heterocycles. The molecule has 6 rings (SSSR count). The van der Waals surface area contributed by atoms with Crippen LogP contribution in [0.15, 0.2) is 66.7 Å². The highest BCUT2D eigenvalue weighted by Gasteiger charge is 2.69. The SMILES string of the molecule is CN(C)[C@H]1C(=O)C(C(N)=O)C(=O)[C@@]2(O)C(=O)C3C(=O)c4c(O)ccc(-c5cccc(CNCc6ccccc6)c5)c4C[C@H]3C[C@@H]12. The fourth-order valence-corrected chi connectivity index (χ4v) is 7.67. The van der Waals surface area contributed by atoms with Crippen LogP contribution in [-0.4, -0.2) is 69.9 Å². The predicted molar refractivity (Wildman–Crippen MR) is 164 cm³/mol. The largest absolute Gasteiger partial charge is 0.507 e. The number of carbonyl (C=O) groups excluding carboxylic acids is 5. The van der Waals surface area contributed by atoms with Crippen molar-refractivity contribution in [2.24, 2.45) is 29.4 Å². The number of hydrogen-bond donors (Lipinski definition) is 4. The number of rotatable bonds is 7. The Labute approximate surface area is 260 Å². The van der Waals surface area contributed by atoms with E-state index >= 15 is 0 Å². The molecule has 3 aliphatic carbocycles. The highest BCUT2D eigenvalue weighted by molar-refractivity contribution is 6.32. The third-order valence-electron chi connectivity index (χ3n) is 9.68. The molecule has 3 aromatic carbocycles. The monoisotopic (exact) mass is 609 g/mol. The quantitative estimate of drug-likeness (QED) is 0.292. The number of nitrogens with zero attached hydrogens (tertiary/aromatic N) is 1. The van der Waals surface area contributed by atoms with E-state index in [0.29, 0.717) is 18.7 Å². The molecule has 0 radical (unpaired) electrons. The van der Waals surface area contributed by atoms with E-state index in [-0.39, 0.29) is 24.2 Å². The van der Waals surface area contributed by atoms with Crippen molar-refractivity contribution in [3.8, 4) is 16.9 Å². The van der Waals surface area contributed by atoms with E-state index in [1.165, 1.54) is 11.0 Å². The number of amides is 1. The standard InChI is InChI=1S/C35H35N3O7/c1-38(2)29-24-15-21-14-23-22(20-10-6-9-19(13-20)17-37-16-18-7-4-3-5-8-18)11-12-25(39)27(23)30(40)26(21)32(42)35(24,45)33(43)28(31(29)41)34(36)44/h3-13,21,24,26,28-29,37,39,45H,14-17H2,1-2H3,(H2,36,44)/t21-,24-,26?,28?,29+,35-/m0/s1. The van der Waals surface area contributed by atoms with Gasteiger partial charge in [-0.25, -0.2) is 0 Å². The zero-order valence-electron chi connectivity index (χ0n) is 25.0. The predicted octanol–water partition coefficient (Wildman–Crippen LogP) is 1.82. The van der Waals surface area contributed by atoms with Crippen molar-refractivity contribution >= 4 is 29.0 Å². The highest BCUT2D eigenvalue weighted by Crippen LogP contribution is 2.51. The Balaban J connectivity index is 1.36. The molecule has 0 spiro atoms. The summed E-state index contributed by atoms with van der Waals surface area (Å²) in [6.07, 6.45) is 0.203. The van der Waals surface area contributed by atoms with Crippen molar-refractivity contribution < 1.29 is 34.2 Å². The fraction of sp³-hybridized carbons (Fsp3) is 0.343. The van der Waals surface area contributed by atoms with Crippen LogP contribution in [0.2, 0.25) is 0 Å². The number of Topliss-reactive ketones (excluding diaryl/α,β-unsaturated/α-hetero) is 4. The van der Waals surface area contributed by atoms with Crippen molar-refractivity contribution in [2.45, 2.75) is 37.6 Å². The number of phenolic OH excluding ortho intramolecular Hbond substituents is 1. The Morgan fingerprint density at radius 2 is 1.64 bits per heavy atom. The number of aliphatic hydroxyl groups is 1. The van der Waals surface area contributed by atoms with Crippen LogP contribution in [0.5, 0.6) is 5.75 Å². The van der Waals surface area contributed by atoms with Gasteiger partial charge in [0.1, 0.15) is 5.75 Å². The fourth-order valence-electron chi connectivity index (χ4n) is 7.67. The number of carbonyl (C=O) groups is 5. The average Bonchev–Trinajstić information content (AvgIpc) is 2.99. The second kappa shape index (κ2) is 11.4. The normalized spacial score (nSPS) is 27.6. The van der Waals surface area contributed by atoms with Gasteiger partial charge >= 0.3 is 0 Å². The molecule has 0 aromatic heterocycles. The first kappa shape index (κ1) is 30.5. The number of ketones is 4. The maximum absolute atomic E-state index is 14.0. The number of aromatic hydroxyl groups is 1. The van der Waals surface area contributed by atoms with Crippen LogP contribution in [0.4, 0.5) is 0 Å². The summed E-state index contributed by atoms with van der Waals surface area (Å²) in [6.45, 7) is 1.29. The van der Waals surface area contributed by atoms with Gasteiger partial charge in [0, 0.05) is 19.0 Å². The number of nitrogens with two attached hydrogens (primary N) is 1. The highest BCUT2D eigenvalue weighted by atomic mass is 16.3. The molecule has 2 fully saturated rings. The molecule has 2 unspecified atom stereocenters. The number of fused-ring (bicyclic) bond motifs is 3. The molecule has 3 aliphatic rings. The molecule has 0 bridgehead atoms. The average molecular weight is 610 g/mol. The van der Waals surface area contributed by atoms with Crippen molar-refractivity contribution in [3.05, 3.63) is 89.0 Å². The zero-order chi connectivity index (χ0) is 32.2. The molecular formula is C35H35N3O7. The summed E-state index contributed by atoms with van der Waals surface area (Å²) in [4.78, 5) is 68.5. The Bertz CT molecular complexity index is 1740. The van der Waals surface area contributed by atoms with Crippen molar-refractivity contribution in [2.75, 3.05) is 14.1 Å². The molecule has 3 aromatic rings. The van der Waals surface area contributed by atoms with Gasteiger partial charge in [0.2, 0.25) is 5.91 Å². The molecule has 0 heterocycles.